The van der Waals surface area contributed by atoms with E-state index in [4.69, 9.17) is 9.47 Å². The second-order valence-electron chi connectivity index (χ2n) is 9.36. The van der Waals surface area contributed by atoms with Crippen molar-refractivity contribution in [2.24, 2.45) is 5.92 Å². The molecule has 4 heterocycles. The van der Waals surface area contributed by atoms with Crippen LogP contribution >= 0.6 is 0 Å². The second-order valence-corrected chi connectivity index (χ2v) is 9.36. The van der Waals surface area contributed by atoms with E-state index in [1.807, 2.05) is 18.3 Å². The monoisotopic (exact) mass is 425 g/mol. The predicted octanol–water partition coefficient (Wildman–Crippen LogP) is 4.20. The Bertz CT molecular complexity index is 876. The first-order chi connectivity index (χ1) is 15.3. The molecular formula is C25H35N3O3. The summed E-state index contributed by atoms with van der Waals surface area (Å²) in [6.45, 7) is 7.21. The van der Waals surface area contributed by atoms with Crippen LogP contribution in [-0.4, -0.2) is 67.0 Å². The number of aromatic nitrogens is 1. The zero-order valence-corrected chi connectivity index (χ0v) is 18.5. The van der Waals surface area contributed by atoms with E-state index in [-0.39, 0.29) is 5.75 Å². The summed E-state index contributed by atoms with van der Waals surface area (Å²) in [6.07, 6.45) is 11.1. The molecule has 0 amide bonds. The zero-order valence-electron chi connectivity index (χ0n) is 18.5. The van der Waals surface area contributed by atoms with Crippen LogP contribution in [0, 0.1) is 5.92 Å². The fraction of sp³-hybridized carbons (Fsp3) is 0.640. The van der Waals surface area contributed by atoms with Crippen LogP contribution < -0.4 is 9.64 Å². The Kier molecular flexibility index (Phi) is 6.46. The van der Waals surface area contributed by atoms with Crippen molar-refractivity contribution in [3.63, 3.8) is 0 Å². The molecule has 5 rings (SSSR count). The molecule has 0 bridgehead atoms. The molecule has 0 saturated carbocycles. The Morgan fingerprint density at radius 1 is 1.00 bits per heavy atom. The number of benzene rings is 1. The van der Waals surface area contributed by atoms with Crippen LogP contribution in [-0.2, 0) is 4.74 Å². The van der Waals surface area contributed by atoms with E-state index in [0.29, 0.717) is 12.7 Å². The summed E-state index contributed by atoms with van der Waals surface area (Å²) < 4.78 is 11.8. The number of anilines is 1. The van der Waals surface area contributed by atoms with E-state index in [9.17, 15) is 5.11 Å². The minimum atomic E-state index is 0.277. The maximum atomic E-state index is 10.0. The largest absolute Gasteiger partial charge is 0.508 e. The Hall–Kier alpha value is -2.05. The lowest BCUT2D eigenvalue weighted by Crippen LogP contribution is -2.38. The minimum Gasteiger partial charge on any atom is -0.508 e. The molecule has 6 heteroatoms. The highest BCUT2D eigenvalue weighted by atomic mass is 16.5. The molecule has 3 aliphatic rings. The van der Waals surface area contributed by atoms with E-state index < -0.39 is 0 Å². The van der Waals surface area contributed by atoms with Gasteiger partial charge in [0.15, 0.2) is 5.75 Å². The number of piperidine rings is 1. The van der Waals surface area contributed by atoms with Gasteiger partial charge in [-0.3, -0.25) is 4.98 Å². The number of phenolic OH excluding ortho intramolecular Hbond substituents is 1. The number of hydrogen-bond donors (Lipinski definition) is 1. The molecule has 0 aliphatic carbocycles. The standard InChI is InChI=1S/C25H35N3O3/c29-20-4-5-23-22(17-20)25-24(18-26-23)31-16-14-28(25)13-8-19-6-10-27(11-7-19)12-9-21-3-1-2-15-30-21/h4-5,17-19,21,29H,1-3,6-16H2. The third-order valence-corrected chi connectivity index (χ3v) is 7.28. The van der Waals surface area contributed by atoms with E-state index in [1.165, 1.54) is 64.6 Å². The minimum absolute atomic E-state index is 0.277. The van der Waals surface area contributed by atoms with Gasteiger partial charge in [-0.1, -0.05) is 0 Å². The Labute approximate surface area is 185 Å². The van der Waals surface area contributed by atoms with Crippen LogP contribution in [0.15, 0.2) is 24.4 Å². The van der Waals surface area contributed by atoms with Crippen LogP contribution in [0.25, 0.3) is 10.9 Å². The number of fused-ring (bicyclic) bond motifs is 3. The van der Waals surface area contributed by atoms with Crippen LogP contribution in [0.1, 0.15) is 44.9 Å². The van der Waals surface area contributed by atoms with Crippen LogP contribution in [0.4, 0.5) is 5.69 Å². The van der Waals surface area contributed by atoms with Gasteiger partial charge in [0.1, 0.15) is 12.4 Å². The quantitative estimate of drug-likeness (QED) is 0.749. The van der Waals surface area contributed by atoms with Gasteiger partial charge in [0, 0.05) is 25.1 Å². The third-order valence-electron chi connectivity index (χ3n) is 7.28. The fourth-order valence-electron chi connectivity index (χ4n) is 5.38. The highest BCUT2D eigenvalue weighted by molar-refractivity contribution is 5.96. The van der Waals surface area contributed by atoms with Gasteiger partial charge in [0.2, 0.25) is 0 Å². The predicted molar refractivity (Wildman–Crippen MR) is 123 cm³/mol. The summed E-state index contributed by atoms with van der Waals surface area (Å²) in [5, 5.41) is 11.0. The van der Waals surface area contributed by atoms with Gasteiger partial charge in [-0.05, 0) is 82.2 Å². The lowest BCUT2D eigenvalue weighted by atomic mass is 9.92. The van der Waals surface area contributed by atoms with Gasteiger partial charge in [-0.25, -0.2) is 0 Å². The normalized spacial score (nSPS) is 23.0. The molecule has 1 atom stereocenters. The summed E-state index contributed by atoms with van der Waals surface area (Å²) in [4.78, 5) is 9.58. The van der Waals surface area contributed by atoms with Crippen molar-refractivity contribution in [3.05, 3.63) is 24.4 Å². The van der Waals surface area contributed by atoms with Crippen molar-refractivity contribution < 1.29 is 14.6 Å². The van der Waals surface area contributed by atoms with Crippen molar-refractivity contribution in [1.29, 1.82) is 0 Å². The molecule has 1 aromatic heterocycles. The van der Waals surface area contributed by atoms with Gasteiger partial charge in [0.25, 0.3) is 0 Å². The van der Waals surface area contributed by atoms with Gasteiger partial charge >= 0.3 is 0 Å². The van der Waals surface area contributed by atoms with Gasteiger partial charge in [-0.2, -0.15) is 0 Å². The summed E-state index contributed by atoms with van der Waals surface area (Å²) in [5.41, 5.74) is 2.00. The lowest BCUT2D eigenvalue weighted by Gasteiger charge is -2.36. The number of ether oxygens (including phenoxy) is 2. The van der Waals surface area contributed by atoms with E-state index in [2.05, 4.69) is 14.8 Å². The highest BCUT2D eigenvalue weighted by Crippen LogP contribution is 2.39. The van der Waals surface area contributed by atoms with E-state index in [1.54, 1.807) is 6.07 Å². The number of hydrogen-bond acceptors (Lipinski definition) is 6. The zero-order chi connectivity index (χ0) is 21.0. The Morgan fingerprint density at radius 3 is 2.74 bits per heavy atom. The number of aromatic hydroxyl groups is 1. The van der Waals surface area contributed by atoms with Crippen LogP contribution in [0.3, 0.4) is 0 Å². The van der Waals surface area contributed by atoms with Crippen molar-refractivity contribution in [2.45, 2.75) is 51.0 Å². The maximum absolute atomic E-state index is 10.0. The molecule has 0 spiro atoms. The summed E-state index contributed by atoms with van der Waals surface area (Å²) in [6, 6.07) is 5.40. The van der Waals surface area contributed by atoms with Crippen molar-refractivity contribution in [3.8, 4) is 11.5 Å². The number of nitrogens with zero attached hydrogens (tertiary/aromatic N) is 3. The smallest absolute Gasteiger partial charge is 0.161 e. The average Bonchev–Trinajstić information content (AvgIpc) is 2.82. The SMILES string of the molecule is Oc1ccc2ncc3c(c2c1)N(CCC1CCN(CCC2CCCCO2)CC1)CCO3. The molecular weight excluding hydrogens is 390 g/mol. The van der Waals surface area contributed by atoms with Gasteiger partial charge in [0.05, 0.1) is 30.0 Å². The molecule has 2 saturated heterocycles. The summed E-state index contributed by atoms with van der Waals surface area (Å²) >= 11 is 0. The molecule has 3 aliphatic heterocycles. The molecule has 31 heavy (non-hydrogen) atoms. The molecule has 1 unspecified atom stereocenters. The van der Waals surface area contributed by atoms with Gasteiger partial charge < -0.3 is 24.4 Å². The van der Waals surface area contributed by atoms with Crippen molar-refractivity contribution in [1.82, 2.24) is 9.88 Å². The lowest BCUT2D eigenvalue weighted by molar-refractivity contribution is 0.00360. The number of rotatable bonds is 6. The summed E-state index contributed by atoms with van der Waals surface area (Å²) in [7, 11) is 0. The molecule has 168 valence electrons. The first-order valence-electron chi connectivity index (χ1n) is 12.1. The summed E-state index contributed by atoms with van der Waals surface area (Å²) in [5.74, 6) is 1.90. The number of phenols is 1. The molecule has 1 aromatic carbocycles. The second kappa shape index (κ2) is 9.61. The van der Waals surface area contributed by atoms with Gasteiger partial charge in [-0.15, -0.1) is 0 Å². The van der Waals surface area contributed by atoms with Crippen molar-refractivity contribution >= 4 is 16.6 Å². The number of likely N-dealkylation sites (tertiary alicyclic amines) is 1. The maximum Gasteiger partial charge on any atom is 0.161 e. The molecule has 2 aromatic rings. The van der Waals surface area contributed by atoms with E-state index in [0.717, 1.165) is 48.0 Å². The first-order valence-corrected chi connectivity index (χ1v) is 12.1. The number of pyridine rings is 1. The highest BCUT2D eigenvalue weighted by Gasteiger charge is 2.25. The topological polar surface area (TPSA) is 58.1 Å². The molecule has 2 fully saturated rings. The Balaban J connectivity index is 1.14. The van der Waals surface area contributed by atoms with Crippen LogP contribution in [0.2, 0.25) is 0 Å². The van der Waals surface area contributed by atoms with E-state index >= 15 is 0 Å². The average molecular weight is 426 g/mol. The van der Waals surface area contributed by atoms with Crippen LogP contribution in [0.5, 0.6) is 11.5 Å². The fourth-order valence-corrected chi connectivity index (χ4v) is 5.38. The Morgan fingerprint density at radius 2 is 1.90 bits per heavy atom. The molecule has 0 radical (unpaired) electrons. The molecule has 1 N–H and O–H groups in total. The first kappa shape index (κ1) is 20.8. The molecule has 6 nitrogen and oxygen atoms in total. The third kappa shape index (κ3) is 4.90. The van der Waals surface area contributed by atoms with Crippen molar-refractivity contribution in [2.75, 3.05) is 50.8 Å².